The van der Waals surface area contributed by atoms with E-state index in [0.29, 0.717) is 6.61 Å². The topological polar surface area (TPSA) is 30.5 Å². The molecule has 3 nitrogen and oxygen atoms in total. The van der Waals surface area contributed by atoms with Gasteiger partial charge in [-0.05, 0) is 22.5 Å². The maximum atomic E-state index is 5.95. The maximum Gasteiger partial charge on any atom is 0.128 e. The third-order valence-electron chi connectivity index (χ3n) is 3.82. The molecule has 2 rings (SSSR count). The summed E-state index contributed by atoms with van der Waals surface area (Å²) < 4.78 is 5.95. The standard InChI is InChI=1S/C17H27NO2/c1-16(2,3)11-8-12-14(18-19-7)10-20-15(12)13(9-11)17(4,5)6/h8-9,14,18H,10H2,1-7H3. The number of fused-ring (bicyclic) bond motifs is 1. The van der Waals surface area contributed by atoms with E-state index in [1.165, 1.54) is 16.7 Å². The summed E-state index contributed by atoms with van der Waals surface area (Å²) in [6.45, 7) is 14.1. The van der Waals surface area contributed by atoms with Gasteiger partial charge in [0.05, 0.1) is 13.2 Å². The van der Waals surface area contributed by atoms with Crippen LogP contribution in [0.3, 0.4) is 0 Å². The minimum absolute atomic E-state index is 0.0628. The van der Waals surface area contributed by atoms with Crippen molar-refractivity contribution >= 4 is 0 Å². The highest BCUT2D eigenvalue weighted by molar-refractivity contribution is 5.52. The van der Waals surface area contributed by atoms with Crippen molar-refractivity contribution in [3.63, 3.8) is 0 Å². The van der Waals surface area contributed by atoms with Crippen LogP contribution in [0.4, 0.5) is 0 Å². The summed E-state index contributed by atoms with van der Waals surface area (Å²) in [6.07, 6.45) is 0. The molecule has 0 saturated heterocycles. The van der Waals surface area contributed by atoms with E-state index in [-0.39, 0.29) is 16.9 Å². The highest BCUT2D eigenvalue weighted by Gasteiger charge is 2.32. The van der Waals surface area contributed by atoms with Crippen LogP contribution in [0.15, 0.2) is 12.1 Å². The van der Waals surface area contributed by atoms with Crippen LogP contribution in [0.5, 0.6) is 5.75 Å². The minimum atomic E-state index is 0.0628. The summed E-state index contributed by atoms with van der Waals surface area (Å²) in [6, 6.07) is 4.67. The number of rotatable bonds is 2. The molecule has 0 radical (unpaired) electrons. The van der Waals surface area contributed by atoms with E-state index in [1.807, 2.05) is 0 Å². The first kappa shape index (κ1) is 15.3. The first-order chi connectivity index (χ1) is 9.14. The van der Waals surface area contributed by atoms with Gasteiger partial charge in [0.25, 0.3) is 0 Å². The predicted octanol–water partition coefficient (Wildman–Crippen LogP) is 3.87. The third kappa shape index (κ3) is 2.84. The van der Waals surface area contributed by atoms with E-state index in [2.05, 4.69) is 59.2 Å². The monoisotopic (exact) mass is 277 g/mol. The van der Waals surface area contributed by atoms with E-state index in [9.17, 15) is 0 Å². The molecule has 0 bridgehead atoms. The number of hydrogen-bond donors (Lipinski definition) is 1. The van der Waals surface area contributed by atoms with Crippen molar-refractivity contribution in [3.05, 3.63) is 28.8 Å². The van der Waals surface area contributed by atoms with E-state index in [1.54, 1.807) is 7.11 Å². The van der Waals surface area contributed by atoms with Gasteiger partial charge in [0, 0.05) is 11.1 Å². The van der Waals surface area contributed by atoms with Crippen molar-refractivity contribution < 1.29 is 9.57 Å². The Morgan fingerprint density at radius 1 is 1.10 bits per heavy atom. The molecular weight excluding hydrogens is 250 g/mol. The number of nitrogens with one attached hydrogen (secondary N) is 1. The molecule has 3 heteroatoms. The normalized spacial score (nSPS) is 18.9. The van der Waals surface area contributed by atoms with Crippen LogP contribution in [-0.2, 0) is 15.7 Å². The van der Waals surface area contributed by atoms with Crippen LogP contribution in [0.2, 0.25) is 0 Å². The van der Waals surface area contributed by atoms with Crippen LogP contribution in [0.1, 0.15) is 64.3 Å². The van der Waals surface area contributed by atoms with Crippen molar-refractivity contribution in [1.82, 2.24) is 5.48 Å². The quantitative estimate of drug-likeness (QED) is 0.833. The highest BCUT2D eigenvalue weighted by atomic mass is 16.6. The molecule has 0 aromatic heterocycles. The Labute approximate surface area is 122 Å². The highest BCUT2D eigenvalue weighted by Crippen LogP contribution is 2.43. The molecular formula is C17H27NO2. The Kier molecular flexibility index (Phi) is 3.87. The second kappa shape index (κ2) is 5.05. The average molecular weight is 277 g/mol. The SMILES string of the molecule is CONC1COc2c1cc(C(C)(C)C)cc2C(C)(C)C. The van der Waals surface area contributed by atoms with E-state index in [0.717, 1.165) is 5.75 Å². The molecule has 0 fully saturated rings. The third-order valence-corrected chi connectivity index (χ3v) is 3.82. The summed E-state index contributed by atoms with van der Waals surface area (Å²) >= 11 is 0. The van der Waals surface area contributed by atoms with Gasteiger partial charge in [0.15, 0.2) is 0 Å². The number of hydroxylamine groups is 1. The number of ether oxygens (including phenoxy) is 1. The van der Waals surface area contributed by atoms with Gasteiger partial charge < -0.3 is 9.57 Å². The molecule has 20 heavy (non-hydrogen) atoms. The molecule has 1 aromatic rings. The second-order valence-corrected chi connectivity index (χ2v) is 7.63. The Morgan fingerprint density at radius 3 is 2.25 bits per heavy atom. The van der Waals surface area contributed by atoms with Gasteiger partial charge in [-0.1, -0.05) is 47.6 Å². The molecule has 1 aromatic carbocycles. The fourth-order valence-electron chi connectivity index (χ4n) is 2.56. The zero-order chi connectivity index (χ0) is 15.1. The van der Waals surface area contributed by atoms with Crippen LogP contribution >= 0.6 is 0 Å². The first-order valence-corrected chi connectivity index (χ1v) is 7.25. The minimum Gasteiger partial charge on any atom is -0.491 e. The van der Waals surface area contributed by atoms with Crippen molar-refractivity contribution in [1.29, 1.82) is 0 Å². The smallest absolute Gasteiger partial charge is 0.128 e. The Hall–Kier alpha value is -1.06. The fourth-order valence-corrected chi connectivity index (χ4v) is 2.56. The van der Waals surface area contributed by atoms with E-state index < -0.39 is 0 Å². The summed E-state index contributed by atoms with van der Waals surface area (Å²) in [5, 5.41) is 0. The molecule has 1 heterocycles. The molecule has 0 spiro atoms. The van der Waals surface area contributed by atoms with Crippen LogP contribution in [0.25, 0.3) is 0 Å². The summed E-state index contributed by atoms with van der Waals surface area (Å²) in [4.78, 5) is 5.10. The largest absolute Gasteiger partial charge is 0.491 e. The van der Waals surface area contributed by atoms with Crippen LogP contribution in [0, 0.1) is 0 Å². The molecule has 1 aliphatic heterocycles. The van der Waals surface area contributed by atoms with Crippen LogP contribution in [-0.4, -0.2) is 13.7 Å². The molecule has 0 aliphatic carbocycles. The summed E-state index contributed by atoms with van der Waals surface area (Å²) in [5.74, 6) is 1.03. The van der Waals surface area contributed by atoms with E-state index >= 15 is 0 Å². The van der Waals surface area contributed by atoms with Gasteiger partial charge in [-0.3, -0.25) is 0 Å². The van der Waals surface area contributed by atoms with Gasteiger partial charge in [-0.15, -0.1) is 0 Å². The Morgan fingerprint density at radius 2 is 1.75 bits per heavy atom. The lowest BCUT2D eigenvalue weighted by molar-refractivity contribution is 0.0535. The number of hydrogen-bond acceptors (Lipinski definition) is 3. The zero-order valence-electron chi connectivity index (χ0n) is 13.8. The molecule has 112 valence electrons. The van der Waals surface area contributed by atoms with Gasteiger partial charge >= 0.3 is 0 Å². The van der Waals surface area contributed by atoms with Gasteiger partial charge in [0.1, 0.15) is 12.4 Å². The van der Waals surface area contributed by atoms with Crippen molar-refractivity contribution in [2.24, 2.45) is 0 Å². The lowest BCUT2D eigenvalue weighted by atomic mass is 9.78. The fraction of sp³-hybridized carbons (Fsp3) is 0.647. The Balaban J connectivity index is 2.60. The maximum absolute atomic E-state index is 5.95. The van der Waals surface area contributed by atoms with Gasteiger partial charge in [-0.2, -0.15) is 5.48 Å². The molecule has 1 unspecified atom stereocenters. The second-order valence-electron chi connectivity index (χ2n) is 7.63. The summed E-state index contributed by atoms with van der Waals surface area (Å²) in [7, 11) is 1.65. The molecule has 0 amide bonds. The van der Waals surface area contributed by atoms with E-state index in [4.69, 9.17) is 9.57 Å². The summed E-state index contributed by atoms with van der Waals surface area (Å²) in [5.41, 5.74) is 7.05. The molecule has 1 atom stereocenters. The Bertz CT molecular complexity index is 495. The molecule has 1 N–H and O–H groups in total. The average Bonchev–Trinajstić information content (AvgIpc) is 2.69. The van der Waals surface area contributed by atoms with Crippen molar-refractivity contribution in [2.75, 3.05) is 13.7 Å². The molecule has 1 aliphatic rings. The van der Waals surface area contributed by atoms with Gasteiger partial charge in [-0.25, -0.2) is 0 Å². The zero-order valence-corrected chi connectivity index (χ0v) is 13.8. The predicted molar refractivity (Wildman–Crippen MR) is 82.2 cm³/mol. The number of benzene rings is 1. The van der Waals surface area contributed by atoms with Crippen molar-refractivity contribution in [3.8, 4) is 5.75 Å². The van der Waals surface area contributed by atoms with Crippen molar-refractivity contribution in [2.45, 2.75) is 58.4 Å². The first-order valence-electron chi connectivity index (χ1n) is 7.25. The lowest BCUT2D eigenvalue weighted by Gasteiger charge is -2.27. The lowest BCUT2D eigenvalue weighted by Crippen LogP contribution is -2.22. The van der Waals surface area contributed by atoms with Gasteiger partial charge in [0.2, 0.25) is 0 Å². The molecule has 0 saturated carbocycles. The van der Waals surface area contributed by atoms with Crippen LogP contribution < -0.4 is 10.2 Å².